The first-order chi connectivity index (χ1) is 20.3. The molecule has 0 aliphatic heterocycles. The van der Waals surface area contributed by atoms with Crippen molar-refractivity contribution in [3.05, 3.63) is 117 Å². The van der Waals surface area contributed by atoms with Crippen LogP contribution in [0.3, 0.4) is 0 Å². The molecule has 0 heterocycles. The van der Waals surface area contributed by atoms with Gasteiger partial charge in [-0.3, -0.25) is 10.1 Å². The summed E-state index contributed by atoms with van der Waals surface area (Å²) in [5.74, 6) is 1.76. The third-order valence-electron chi connectivity index (χ3n) is 7.27. The number of benzene rings is 4. The Morgan fingerprint density at radius 1 is 0.628 bits per heavy atom. The highest BCUT2D eigenvalue weighted by molar-refractivity contribution is 5.75. The van der Waals surface area contributed by atoms with Gasteiger partial charge < -0.3 is 10.8 Å². The van der Waals surface area contributed by atoms with Gasteiger partial charge in [-0.05, 0) is 87.2 Å². The minimum atomic E-state index is -0.337. The molecule has 0 atom stereocenters. The number of aliphatic hydroxyl groups is 1. The van der Waals surface area contributed by atoms with E-state index >= 15 is 0 Å². The second-order valence-corrected chi connectivity index (χ2v) is 12.0. The minimum absolute atomic E-state index is 0.140. The number of nitro groups is 1. The number of nitrogens with two attached hydrogens (primary N) is 1. The quantitative estimate of drug-likeness (QED) is 0.129. The second-order valence-electron chi connectivity index (χ2n) is 12.0. The van der Waals surface area contributed by atoms with Crippen molar-refractivity contribution in [2.75, 3.05) is 12.3 Å². The molecule has 0 amide bonds. The lowest BCUT2D eigenvalue weighted by Gasteiger charge is -2.20. The smallest absolute Gasteiger partial charge is 0.270 e. The van der Waals surface area contributed by atoms with Crippen LogP contribution in [0.4, 0.5) is 11.4 Å². The summed E-state index contributed by atoms with van der Waals surface area (Å²) in [4.78, 5) is 10.7. The van der Waals surface area contributed by atoms with Gasteiger partial charge in [-0.15, -0.1) is 0 Å². The lowest BCUT2D eigenvalue weighted by molar-refractivity contribution is -0.384. The summed E-state index contributed by atoms with van der Waals surface area (Å²) in [6.45, 7) is 19.5. The van der Waals surface area contributed by atoms with Crippen LogP contribution in [-0.4, -0.2) is 16.6 Å². The van der Waals surface area contributed by atoms with E-state index in [1.807, 2.05) is 18.2 Å². The molecule has 5 heteroatoms. The zero-order valence-corrected chi connectivity index (χ0v) is 27.4. The van der Waals surface area contributed by atoms with Crippen molar-refractivity contribution in [3.63, 3.8) is 0 Å². The van der Waals surface area contributed by atoms with Gasteiger partial charge in [0.2, 0.25) is 0 Å². The standard InChI is InChI=1S/C18H21NO2.C18H23N.C2H6O/c1-12(2)16-9-6-10-17(13(3)4)18(16)14-7-5-8-15(11-14)19(20)21;1-12(2)16-9-6-10-17(13(3)4)18(16)14-7-5-8-15(19)11-14;1-2-3/h5-13H,1-4H3;5-13H,19H2,1-4H3;3H,2H2,1H3. The molecule has 0 bridgehead atoms. The Hall–Kier alpha value is -3.96. The molecule has 43 heavy (non-hydrogen) atoms. The fraction of sp³-hybridized carbons (Fsp3) is 0.368. The number of nitro benzene ring substituents is 1. The first-order valence-electron chi connectivity index (χ1n) is 15.3. The molecule has 3 N–H and O–H groups in total. The van der Waals surface area contributed by atoms with E-state index in [0.29, 0.717) is 23.7 Å². The largest absolute Gasteiger partial charge is 0.399 e. The van der Waals surface area contributed by atoms with Crippen molar-refractivity contribution >= 4 is 11.4 Å². The summed E-state index contributed by atoms with van der Waals surface area (Å²) in [7, 11) is 0. The Kier molecular flexibility index (Phi) is 13.6. The molecule has 0 spiro atoms. The SMILES string of the molecule is CC(C)c1cccc(C(C)C)c1-c1cccc(N)c1.CC(C)c1cccc(C(C)C)c1-c1cccc([N+](=O)[O-])c1.CCO. The average Bonchev–Trinajstić information content (AvgIpc) is 2.97. The van der Waals surface area contributed by atoms with Crippen molar-refractivity contribution in [1.29, 1.82) is 0 Å². The van der Waals surface area contributed by atoms with Crippen molar-refractivity contribution in [1.82, 2.24) is 0 Å². The van der Waals surface area contributed by atoms with Crippen molar-refractivity contribution in [2.45, 2.75) is 86.0 Å². The molecule has 0 aliphatic carbocycles. The molecule has 230 valence electrons. The molecule has 0 saturated carbocycles. The second kappa shape index (κ2) is 16.6. The van der Waals surface area contributed by atoms with Gasteiger partial charge in [0.25, 0.3) is 5.69 Å². The highest BCUT2D eigenvalue weighted by Gasteiger charge is 2.18. The summed E-state index contributed by atoms with van der Waals surface area (Å²) in [6.07, 6.45) is 0. The summed E-state index contributed by atoms with van der Waals surface area (Å²) < 4.78 is 0. The van der Waals surface area contributed by atoms with Crippen LogP contribution in [0.5, 0.6) is 0 Å². The van der Waals surface area contributed by atoms with E-state index in [0.717, 1.165) is 16.8 Å². The van der Waals surface area contributed by atoms with E-state index in [2.05, 4.69) is 104 Å². The maximum Gasteiger partial charge on any atom is 0.270 e. The number of hydrogen-bond donors (Lipinski definition) is 2. The molecule has 4 aromatic rings. The molecule has 0 unspecified atom stereocenters. The highest BCUT2D eigenvalue weighted by atomic mass is 16.6. The van der Waals surface area contributed by atoms with Gasteiger partial charge in [-0.25, -0.2) is 0 Å². The van der Waals surface area contributed by atoms with Crippen molar-refractivity contribution in [2.24, 2.45) is 0 Å². The normalized spacial score (nSPS) is 10.8. The summed E-state index contributed by atoms with van der Waals surface area (Å²) >= 11 is 0. The Balaban J connectivity index is 0.000000276. The number of non-ortho nitro benzene ring substituents is 1. The number of nitrogens with zero attached hydrogens (tertiary/aromatic N) is 1. The van der Waals surface area contributed by atoms with Crippen molar-refractivity contribution < 1.29 is 10.0 Å². The van der Waals surface area contributed by atoms with E-state index in [4.69, 9.17) is 10.8 Å². The van der Waals surface area contributed by atoms with Crippen LogP contribution in [0.15, 0.2) is 84.9 Å². The van der Waals surface area contributed by atoms with Gasteiger partial charge in [-0.2, -0.15) is 0 Å². The van der Waals surface area contributed by atoms with E-state index in [1.54, 1.807) is 19.1 Å². The fourth-order valence-corrected chi connectivity index (χ4v) is 5.24. The molecule has 0 aliphatic rings. The van der Waals surface area contributed by atoms with Crippen LogP contribution >= 0.6 is 0 Å². The number of aliphatic hydroxyl groups excluding tert-OH is 1. The third-order valence-corrected chi connectivity index (χ3v) is 7.27. The number of hydrogen-bond acceptors (Lipinski definition) is 4. The summed E-state index contributed by atoms with van der Waals surface area (Å²) in [6, 6.07) is 28.1. The van der Waals surface area contributed by atoms with Crippen LogP contribution in [0.25, 0.3) is 22.3 Å². The van der Waals surface area contributed by atoms with Crippen molar-refractivity contribution in [3.8, 4) is 22.3 Å². The molecule has 4 aromatic carbocycles. The topological polar surface area (TPSA) is 89.4 Å². The molecular formula is C38H50N2O3. The van der Waals surface area contributed by atoms with Gasteiger partial charge in [-0.1, -0.05) is 116 Å². The van der Waals surface area contributed by atoms with Gasteiger partial charge >= 0.3 is 0 Å². The number of rotatable bonds is 7. The average molecular weight is 583 g/mol. The lowest BCUT2D eigenvalue weighted by Crippen LogP contribution is -2.00. The predicted molar refractivity (Wildman–Crippen MR) is 184 cm³/mol. The van der Waals surface area contributed by atoms with E-state index in [1.165, 1.54) is 39.4 Å². The Morgan fingerprint density at radius 2 is 0.953 bits per heavy atom. The number of nitrogen functional groups attached to an aromatic ring is 1. The maximum atomic E-state index is 11.0. The minimum Gasteiger partial charge on any atom is -0.399 e. The predicted octanol–water partition coefficient (Wildman–Crippen LogP) is 10.7. The van der Waals surface area contributed by atoms with Crippen LogP contribution in [0, 0.1) is 10.1 Å². The van der Waals surface area contributed by atoms with Gasteiger partial charge in [0.15, 0.2) is 0 Å². The molecule has 5 nitrogen and oxygen atoms in total. The molecule has 0 fully saturated rings. The molecule has 0 radical (unpaired) electrons. The van der Waals surface area contributed by atoms with E-state index < -0.39 is 0 Å². The number of anilines is 1. The van der Waals surface area contributed by atoms with Crippen LogP contribution in [0.2, 0.25) is 0 Å². The fourth-order valence-electron chi connectivity index (χ4n) is 5.24. The highest BCUT2D eigenvalue weighted by Crippen LogP contribution is 2.38. The molecular weight excluding hydrogens is 532 g/mol. The first-order valence-corrected chi connectivity index (χ1v) is 15.3. The van der Waals surface area contributed by atoms with Gasteiger partial charge in [0.1, 0.15) is 0 Å². The first kappa shape index (κ1) is 35.2. The zero-order valence-electron chi connectivity index (χ0n) is 27.4. The van der Waals surface area contributed by atoms with Crippen LogP contribution in [-0.2, 0) is 0 Å². The zero-order chi connectivity index (χ0) is 32.3. The van der Waals surface area contributed by atoms with Gasteiger partial charge in [0.05, 0.1) is 4.92 Å². The van der Waals surface area contributed by atoms with Crippen LogP contribution in [0.1, 0.15) is 108 Å². The van der Waals surface area contributed by atoms with E-state index in [9.17, 15) is 10.1 Å². The van der Waals surface area contributed by atoms with E-state index in [-0.39, 0.29) is 17.2 Å². The Morgan fingerprint density at radius 3 is 1.28 bits per heavy atom. The monoisotopic (exact) mass is 582 g/mol. The maximum absolute atomic E-state index is 11.0. The molecule has 0 saturated heterocycles. The lowest BCUT2D eigenvalue weighted by atomic mass is 9.85. The molecule has 0 aromatic heterocycles. The Bertz CT molecular complexity index is 1420. The summed E-state index contributed by atoms with van der Waals surface area (Å²) in [5.41, 5.74) is 16.9. The molecule has 4 rings (SSSR count). The van der Waals surface area contributed by atoms with Gasteiger partial charge in [0, 0.05) is 24.4 Å². The summed E-state index contributed by atoms with van der Waals surface area (Å²) in [5, 5.41) is 18.6. The third kappa shape index (κ3) is 9.52. The Labute approximate surface area is 259 Å². The van der Waals surface area contributed by atoms with Crippen LogP contribution < -0.4 is 5.73 Å².